The molecule has 0 aliphatic carbocycles. The fraction of sp³-hybridized carbons (Fsp3) is 0.667. The fourth-order valence-corrected chi connectivity index (χ4v) is 1.65. The van der Waals surface area contributed by atoms with Crippen molar-refractivity contribution in [3.05, 3.63) is 25.3 Å². The highest BCUT2D eigenvalue weighted by atomic mass is 16.6. The smallest absolute Gasteiger partial charge is 0.330 e. The number of ether oxygens (including phenoxy) is 2. The van der Waals surface area contributed by atoms with Crippen molar-refractivity contribution in [2.75, 3.05) is 13.2 Å². The molecule has 0 saturated heterocycles. The highest BCUT2D eigenvalue weighted by Gasteiger charge is 2.12. The molecule has 1 atom stereocenters. The number of esters is 1. The topological polar surface area (TPSA) is 35.5 Å². The van der Waals surface area contributed by atoms with Crippen LogP contribution in [0.1, 0.15) is 45.4 Å². The summed E-state index contributed by atoms with van der Waals surface area (Å²) in [6.07, 6.45) is 9.54. The van der Waals surface area contributed by atoms with Crippen molar-refractivity contribution in [2.24, 2.45) is 0 Å². The second-order valence-electron chi connectivity index (χ2n) is 4.29. The van der Waals surface area contributed by atoms with Crippen LogP contribution in [-0.2, 0) is 14.3 Å². The largest absolute Gasteiger partial charge is 0.457 e. The van der Waals surface area contributed by atoms with E-state index >= 15 is 0 Å². The minimum atomic E-state index is -0.379. The van der Waals surface area contributed by atoms with Gasteiger partial charge in [0.15, 0.2) is 0 Å². The van der Waals surface area contributed by atoms with Crippen LogP contribution in [0.4, 0.5) is 0 Å². The second kappa shape index (κ2) is 12.4. The van der Waals surface area contributed by atoms with E-state index in [9.17, 15) is 4.79 Å². The molecule has 0 spiro atoms. The fourth-order valence-electron chi connectivity index (χ4n) is 1.65. The van der Waals surface area contributed by atoms with Crippen molar-refractivity contribution < 1.29 is 14.3 Å². The van der Waals surface area contributed by atoms with E-state index in [0.717, 1.165) is 12.8 Å². The zero-order valence-electron chi connectivity index (χ0n) is 11.5. The van der Waals surface area contributed by atoms with Crippen LogP contribution in [0.25, 0.3) is 0 Å². The number of hydrogen-bond donors (Lipinski definition) is 0. The number of rotatable bonds is 12. The Morgan fingerprint density at radius 1 is 1.22 bits per heavy atom. The van der Waals surface area contributed by atoms with E-state index in [-0.39, 0.29) is 12.1 Å². The predicted octanol–water partition coefficient (Wildman–Crippen LogP) is 3.65. The molecule has 0 radical (unpaired) electrons. The molecule has 0 aromatic heterocycles. The van der Waals surface area contributed by atoms with Gasteiger partial charge in [0.2, 0.25) is 0 Å². The summed E-state index contributed by atoms with van der Waals surface area (Å²) in [5, 5.41) is 0. The lowest BCUT2D eigenvalue weighted by molar-refractivity contribution is -0.146. The van der Waals surface area contributed by atoms with Crippen LogP contribution in [0.5, 0.6) is 0 Å². The molecule has 0 heterocycles. The molecule has 3 heteroatoms. The van der Waals surface area contributed by atoms with E-state index in [4.69, 9.17) is 9.47 Å². The van der Waals surface area contributed by atoms with E-state index in [1.54, 1.807) is 6.08 Å². The molecule has 0 aromatic carbocycles. The first-order valence-corrected chi connectivity index (χ1v) is 6.76. The lowest BCUT2D eigenvalue weighted by Gasteiger charge is -2.16. The molecule has 3 nitrogen and oxygen atoms in total. The molecule has 18 heavy (non-hydrogen) atoms. The summed E-state index contributed by atoms with van der Waals surface area (Å²) in [6, 6.07) is 0. The predicted molar refractivity (Wildman–Crippen MR) is 74.5 cm³/mol. The first kappa shape index (κ1) is 16.9. The first-order valence-electron chi connectivity index (χ1n) is 6.76. The molecule has 0 aliphatic rings. The van der Waals surface area contributed by atoms with Gasteiger partial charge in [-0.25, -0.2) is 4.79 Å². The van der Waals surface area contributed by atoms with Gasteiger partial charge in [-0.15, -0.1) is 6.58 Å². The number of hydrogen-bond acceptors (Lipinski definition) is 3. The molecule has 0 aromatic rings. The van der Waals surface area contributed by atoms with E-state index in [1.165, 1.54) is 31.8 Å². The average Bonchev–Trinajstić information content (AvgIpc) is 2.38. The summed E-state index contributed by atoms with van der Waals surface area (Å²) < 4.78 is 10.6. The van der Waals surface area contributed by atoms with Gasteiger partial charge in [-0.2, -0.15) is 0 Å². The summed E-state index contributed by atoms with van der Waals surface area (Å²) in [5.41, 5.74) is 0. The Labute approximate surface area is 111 Å². The lowest BCUT2D eigenvalue weighted by atomic mass is 10.1. The van der Waals surface area contributed by atoms with Crippen molar-refractivity contribution in [3.8, 4) is 0 Å². The number of unbranched alkanes of at least 4 members (excludes halogenated alkanes) is 4. The molecule has 0 fully saturated rings. The third kappa shape index (κ3) is 10.1. The Bertz CT molecular complexity index is 236. The molecule has 0 rings (SSSR count). The van der Waals surface area contributed by atoms with Crippen LogP contribution in [-0.4, -0.2) is 25.3 Å². The minimum absolute atomic E-state index is 0.169. The summed E-state index contributed by atoms with van der Waals surface area (Å²) in [7, 11) is 0. The maximum atomic E-state index is 11.2. The molecule has 0 aliphatic heterocycles. The maximum absolute atomic E-state index is 11.2. The highest BCUT2D eigenvalue weighted by molar-refractivity contribution is 5.81. The van der Waals surface area contributed by atoms with Crippen LogP contribution in [0.2, 0.25) is 0 Å². The van der Waals surface area contributed by atoms with Crippen LogP contribution < -0.4 is 0 Å². The second-order valence-corrected chi connectivity index (χ2v) is 4.29. The summed E-state index contributed by atoms with van der Waals surface area (Å²) in [6.45, 7) is 10.1. The van der Waals surface area contributed by atoms with Crippen LogP contribution in [0.3, 0.4) is 0 Å². The summed E-state index contributed by atoms with van der Waals surface area (Å²) >= 11 is 0. The SMILES string of the molecule is C=CCOCC(CCCCCCC)OC(=O)C=C. The molecular formula is C15H26O3. The van der Waals surface area contributed by atoms with Gasteiger partial charge >= 0.3 is 5.97 Å². The van der Waals surface area contributed by atoms with Gasteiger partial charge in [-0.05, 0) is 12.8 Å². The average molecular weight is 254 g/mol. The Hall–Kier alpha value is -1.09. The van der Waals surface area contributed by atoms with E-state index in [2.05, 4.69) is 20.1 Å². The number of carbonyl (C=O) groups is 1. The molecule has 104 valence electrons. The van der Waals surface area contributed by atoms with Gasteiger partial charge in [-0.1, -0.05) is 45.3 Å². The zero-order chi connectivity index (χ0) is 13.6. The minimum Gasteiger partial charge on any atom is -0.457 e. The third-order valence-corrected chi connectivity index (χ3v) is 2.62. The standard InChI is InChI=1S/C15H26O3/c1-4-7-8-9-10-11-14(13-17-12-5-2)18-15(16)6-3/h5-6,14H,2-4,7-13H2,1H3. The van der Waals surface area contributed by atoms with Crippen LogP contribution in [0, 0.1) is 0 Å². The van der Waals surface area contributed by atoms with Gasteiger partial charge in [0, 0.05) is 6.08 Å². The first-order chi connectivity index (χ1) is 8.74. The van der Waals surface area contributed by atoms with Crippen molar-refractivity contribution in [1.82, 2.24) is 0 Å². The van der Waals surface area contributed by atoms with E-state index in [1.807, 2.05) is 0 Å². The van der Waals surface area contributed by atoms with Gasteiger partial charge in [0.05, 0.1) is 13.2 Å². The van der Waals surface area contributed by atoms with Crippen LogP contribution >= 0.6 is 0 Å². The molecule has 1 unspecified atom stereocenters. The van der Waals surface area contributed by atoms with Gasteiger partial charge in [0.1, 0.15) is 6.10 Å². The van der Waals surface area contributed by atoms with E-state index in [0.29, 0.717) is 13.2 Å². The third-order valence-electron chi connectivity index (χ3n) is 2.62. The van der Waals surface area contributed by atoms with Crippen molar-refractivity contribution in [1.29, 1.82) is 0 Å². The normalized spacial score (nSPS) is 11.8. The maximum Gasteiger partial charge on any atom is 0.330 e. The summed E-state index contributed by atoms with van der Waals surface area (Å²) in [5.74, 6) is -0.379. The highest BCUT2D eigenvalue weighted by Crippen LogP contribution is 2.10. The molecule has 0 saturated carbocycles. The van der Waals surface area contributed by atoms with Crippen molar-refractivity contribution in [2.45, 2.75) is 51.6 Å². The van der Waals surface area contributed by atoms with E-state index < -0.39 is 0 Å². The van der Waals surface area contributed by atoms with Crippen molar-refractivity contribution >= 4 is 5.97 Å². The molecule has 0 N–H and O–H groups in total. The molecular weight excluding hydrogens is 228 g/mol. The molecule has 0 amide bonds. The Morgan fingerprint density at radius 2 is 1.94 bits per heavy atom. The molecule has 0 bridgehead atoms. The van der Waals surface area contributed by atoms with Crippen LogP contribution in [0.15, 0.2) is 25.3 Å². The zero-order valence-corrected chi connectivity index (χ0v) is 11.5. The van der Waals surface area contributed by atoms with Crippen molar-refractivity contribution in [3.63, 3.8) is 0 Å². The Morgan fingerprint density at radius 3 is 2.56 bits per heavy atom. The van der Waals surface area contributed by atoms with Gasteiger partial charge in [-0.3, -0.25) is 0 Å². The Balaban J connectivity index is 3.84. The number of carbonyl (C=O) groups excluding carboxylic acids is 1. The monoisotopic (exact) mass is 254 g/mol. The lowest BCUT2D eigenvalue weighted by Crippen LogP contribution is -2.22. The Kier molecular flexibility index (Phi) is 11.6. The summed E-state index contributed by atoms with van der Waals surface area (Å²) in [4.78, 5) is 11.2. The van der Waals surface area contributed by atoms with Gasteiger partial charge in [0.25, 0.3) is 0 Å². The van der Waals surface area contributed by atoms with Gasteiger partial charge < -0.3 is 9.47 Å². The quantitative estimate of drug-likeness (QED) is 0.231.